The second kappa shape index (κ2) is 6.16. The van der Waals surface area contributed by atoms with Crippen LogP contribution >= 0.6 is 0 Å². The summed E-state index contributed by atoms with van der Waals surface area (Å²) in [4.78, 5) is 14.6. The van der Waals surface area contributed by atoms with Gasteiger partial charge in [-0.1, -0.05) is 0 Å². The fourth-order valence-electron chi connectivity index (χ4n) is 3.29. The number of phenols is 1. The third-order valence-electron chi connectivity index (χ3n) is 4.59. The Labute approximate surface area is 137 Å². The Morgan fingerprint density at radius 2 is 1.79 bits per heavy atom. The summed E-state index contributed by atoms with van der Waals surface area (Å²) in [5.41, 5.74) is 0.244. The molecule has 1 aromatic carbocycles. The van der Waals surface area contributed by atoms with Crippen LogP contribution in [-0.2, 0) is 9.53 Å². The van der Waals surface area contributed by atoms with Crippen molar-refractivity contribution in [2.24, 2.45) is 0 Å². The Hall–Kier alpha value is -1.96. The molecule has 0 bridgehead atoms. The maximum Gasteiger partial charge on any atom is 0.406 e. The molecule has 2 aliphatic rings. The highest BCUT2D eigenvalue weighted by Gasteiger charge is 2.45. The molecule has 2 saturated heterocycles. The van der Waals surface area contributed by atoms with Crippen molar-refractivity contribution < 1.29 is 27.8 Å². The fourth-order valence-corrected chi connectivity index (χ4v) is 3.29. The maximum atomic E-state index is 12.6. The normalized spacial score (nSPS) is 21.4. The van der Waals surface area contributed by atoms with Crippen LogP contribution in [0.15, 0.2) is 24.3 Å². The van der Waals surface area contributed by atoms with E-state index in [4.69, 9.17) is 4.74 Å². The number of hydrogen-bond donors (Lipinski definition) is 1. The van der Waals surface area contributed by atoms with Crippen LogP contribution in [0.3, 0.4) is 0 Å². The molecule has 2 aliphatic heterocycles. The molecule has 132 valence electrons. The Balaban J connectivity index is 1.64. The van der Waals surface area contributed by atoms with Crippen LogP contribution in [0.2, 0.25) is 0 Å². The van der Waals surface area contributed by atoms with Crippen LogP contribution in [0.5, 0.6) is 5.75 Å². The number of aromatic hydroxyl groups is 1. The Kier molecular flexibility index (Phi) is 4.33. The van der Waals surface area contributed by atoms with Gasteiger partial charge in [0, 0.05) is 18.8 Å². The number of halogens is 3. The minimum atomic E-state index is -4.40. The number of benzene rings is 1. The van der Waals surface area contributed by atoms with Gasteiger partial charge in [-0.3, -0.25) is 4.79 Å². The second-order valence-electron chi connectivity index (χ2n) is 6.34. The van der Waals surface area contributed by atoms with Gasteiger partial charge in [0.15, 0.2) is 0 Å². The number of hydrogen-bond acceptors (Lipinski definition) is 4. The van der Waals surface area contributed by atoms with Crippen molar-refractivity contribution in [1.82, 2.24) is 4.90 Å². The van der Waals surface area contributed by atoms with Gasteiger partial charge in [-0.15, -0.1) is 0 Å². The number of phenolic OH excluding ortho intramolecular Hbond substituents is 1. The number of ether oxygens (including phenoxy) is 1. The Morgan fingerprint density at radius 1 is 1.17 bits per heavy atom. The first-order valence-electron chi connectivity index (χ1n) is 7.79. The molecule has 1 spiro atoms. The summed E-state index contributed by atoms with van der Waals surface area (Å²) < 4.78 is 43.5. The summed E-state index contributed by atoms with van der Waals surface area (Å²) >= 11 is 0. The lowest BCUT2D eigenvalue weighted by Crippen LogP contribution is -2.60. The topological polar surface area (TPSA) is 53.0 Å². The molecule has 1 aromatic rings. The molecule has 24 heavy (non-hydrogen) atoms. The first-order chi connectivity index (χ1) is 11.3. The number of amides is 1. The number of piperidine rings is 1. The van der Waals surface area contributed by atoms with E-state index < -0.39 is 24.2 Å². The molecule has 2 heterocycles. The van der Waals surface area contributed by atoms with Gasteiger partial charge in [-0.05, 0) is 37.1 Å². The summed E-state index contributed by atoms with van der Waals surface area (Å²) in [6.45, 7) is -0.291. The molecular formula is C16H19F3N2O3. The van der Waals surface area contributed by atoms with Crippen molar-refractivity contribution in [1.29, 1.82) is 0 Å². The highest BCUT2D eigenvalue weighted by molar-refractivity contribution is 5.78. The van der Waals surface area contributed by atoms with E-state index in [1.807, 2.05) is 0 Å². The summed E-state index contributed by atoms with van der Waals surface area (Å²) in [6.07, 6.45) is -3.30. The zero-order valence-electron chi connectivity index (χ0n) is 13.1. The number of carbonyl (C=O) groups is 1. The minimum absolute atomic E-state index is 0.0191. The molecule has 1 N–H and O–H groups in total. The standard InChI is InChI=1S/C16H19F3N2O3/c17-16(18,19)11-21-10-15(24-9-14(21)23)5-7-20(8-6-15)12-1-3-13(22)4-2-12/h1-4,22H,5-11H2. The van der Waals surface area contributed by atoms with Gasteiger partial charge in [0.25, 0.3) is 0 Å². The molecule has 0 atom stereocenters. The molecule has 0 aliphatic carbocycles. The molecular weight excluding hydrogens is 325 g/mol. The highest BCUT2D eigenvalue weighted by Crippen LogP contribution is 2.33. The molecule has 0 radical (unpaired) electrons. The van der Waals surface area contributed by atoms with E-state index in [9.17, 15) is 23.1 Å². The van der Waals surface area contributed by atoms with Crippen LogP contribution < -0.4 is 4.90 Å². The molecule has 3 rings (SSSR count). The van der Waals surface area contributed by atoms with Gasteiger partial charge >= 0.3 is 6.18 Å². The number of rotatable bonds is 2. The molecule has 8 heteroatoms. The Morgan fingerprint density at radius 3 is 2.38 bits per heavy atom. The van der Waals surface area contributed by atoms with Crippen LogP contribution in [-0.4, -0.2) is 60.5 Å². The summed E-state index contributed by atoms with van der Waals surface area (Å²) in [6, 6.07) is 6.80. The zero-order valence-corrected chi connectivity index (χ0v) is 13.1. The third-order valence-corrected chi connectivity index (χ3v) is 4.59. The van der Waals surface area contributed by atoms with E-state index in [2.05, 4.69) is 4.90 Å². The number of anilines is 1. The molecule has 0 aromatic heterocycles. The van der Waals surface area contributed by atoms with Crippen LogP contribution in [0.25, 0.3) is 0 Å². The van der Waals surface area contributed by atoms with Crippen molar-refractivity contribution >= 4 is 11.6 Å². The van der Waals surface area contributed by atoms with E-state index in [0.717, 1.165) is 10.6 Å². The highest BCUT2D eigenvalue weighted by atomic mass is 19.4. The van der Waals surface area contributed by atoms with E-state index in [0.29, 0.717) is 25.9 Å². The lowest BCUT2D eigenvalue weighted by atomic mass is 9.89. The summed E-state index contributed by atoms with van der Waals surface area (Å²) in [5.74, 6) is -0.428. The predicted octanol–water partition coefficient (Wildman–Crippen LogP) is 2.15. The van der Waals surface area contributed by atoms with Crippen LogP contribution in [0, 0.1) is 0 Å². The number of nitrogens with zero attached hydrogens (tertiary/aromatic N) is 2. The molecule has 0 saturated carbocycles. The maximum absolute atomic E-state index is 12.6. The third kappa shape index (κ3) is 3.75. The van der Waals surface area contributed by atoms with E-state index >= 15 is 0 Å². The average Bonchev–Trinajstić information content (AvgIpc) is 2.52. The summed E-state index contributed by atoms with van der Waals surface area (Å²) in [5, 5.41) is 9.33. The number of carbonyl (C=O) groups excluding carboxylic acids is 1. The fraction of sp³-hybridized carbons (Fsp3) is 0.562. The van der Waals surface area contributed by atoms with E-state index in [1.54, 1.807) is 24.3 Å². The second-order valence-corrected chi connectivity index (χ2v) is 6.34. The summed E-state index contributed by atoms with van der Waals surface area (Å²) in [7, 11) is 0. The van der Waals surface area contributed by atoms with Gasteiger partial charge in [0.1, 0.15) is 18.9 Å². The van der Waals surface area contributed by atoms with Gasteiger partial charge in [-0.25, -0.2) is 0 Å². The quantitative estimate of drug-likeness (QED) is 0.893. The SMILES string of the molecule is O=C1COC2(CCN(c3ccc(O)cc3)CC2)CN1CC(F)(F)F. The lowest BCUT2D eigenvalue weighted by molar-refractivity contribution is -0.191. The van der Waals surface area contributed by atoms with Crippen LogP contribution in [0.4, 0.5) is 18.9 Å². The lowest BCUT2D eigenvalue weighted by Gasteiger charge is -2.47. The first kappa shape index (κ1) is 16.9. The number of morpholine rings is 1. The van der Waals surface area contributed by atoms with Gasteiger partial charge in [-0.2, -0.15) is 13.2 Å². The average molecular weight is 344 g/mol. The van der Waals surface area contributed by atoms with Crippen molar-refractivity contribution in [3.8, 4) is 5.75 Å². The molecule has 5 nitrogen and oxygen atoms in total. The van der Waals surface area contributed by atoms with Crippen molar-refractivity contribution in [3.63, 3.8) is 0 Å². The molecule has 0 unspecified atom stereocenters. The van der Waals surface area contributed by atoms with Crippen molar-refractivity contribution in [2.45, 2.75) is 24.6 Å². The monoisotopic (exact) mass is 344 g/mol. The van der Waals surface area contributed by atoms with Crippen LogP contribution in [0.1, 0.15) is 12.8 Å². The van der Waals surface area contributed by atoms with Gasteiger partial charge in [0.2, 0.25) is 5.91 Å². The van der Waals surface area contributed by atoms with E-state index in [1.165, 1.54) is 0 Å². The van der Waals surface area contributed by atoms with E-state index in [-0.39, 0.29) is 18.9 Å². The van der Waals surface area contributed by atoms with Gasteiger partial charge in [0.05, 0.1) is 12.1 Å². The largest absolute Gasteiger partial charge is 0.508 e. The molecule has 2 fully saturated rings. The Bertz CT molecular complexity index is 596. The number of alkyl halides is 3. The smallest absolute Gasteiger partial charge is 0.406 e. The molecule has 1 amide bonds. The van der Waals surface area contributed by atoms with Crippen molar-refractivity contribution in [2.75, 3.05) is 37.7 Å². The van der Waals surface area contributed by atoms with Gasteiger partial charge < -0.3 is 19.6 Å². The zero-order chi connectivity index (χ0) is 17.4. The first-order valence-corrected chi connectivity index (χ1v) is 7.79. The minimum Gasteiger partial charge on any atom is -0.508 e. The van der Waals surface area contributed by atoms with Crippen molar-refractivity contribution in [3.05, 3.63) is 24.3 Å². The predicted molar refractivity (Wildman–Crippen MR) is 80.9 cm³/mol.